The number of halogens is 1. The molecular weight excluding hydrogens is 335 g/mol. The first-order valence-corrected chi connectivity index (χ1v) is 9.42. The molecule has 0 saturated carbocycles. The third-order valence-corrected chi connectivity index (χ3v) is 5.78. The van der Waals surface area contributed by atoms with Gasteiger partial charge in [0.2, 0.25) is 15.9 Å². The molecule has 0 bridgehead atoms. The van der Waals surface area contributed by atoms with Crippen LogP contribution in [0.15, 0.2) is 23.1 Å². The van der Waals surface area contributed by atoms with Crippen molar-refractivity contribution in [2.75, 3.05) is 32.8 Å². The number of amides is 1. The highest BCUT2D eigenvalue weighted by atomic mass is 32.2. The average Bonchev–Trinajstić information content (AvgIpc) is 2.56. The minimum atomic E-state index is -3.79. The Bertz CT molecular complexity index is 698. The number of benzene rings is 1. The molecule has 134 valence electrons. The van der Waals surface area contributed by atoms with E-state index >= 15 is 0 Å². The quantitative estimate of drug-likeness (QED) is 0.804. The molecule has 1 aromatic carbocycles. The Kier molecular flexibility index (Phi) is 5.82. The van der Waals surface area contributed by atoms with Crippen LogP contribution in [-0.4, -0.2) is 56.3 Å². The fourth-order valence-electron chi connectivity index (χ4n) is 2.58. The van der Waals surface area contributed by atoms with E-state index in [0.29, 0.717) is 19.7 Å². The molecule has 0 radical (unpaired) electrons. The van der Waals surface area contributed by atoms with Crippen LogP contribution in [-0.2, 0) is 14.8 Å². The van der Waals surface area contributed by atoms with E-state index in [4.69, 9.17) is 4.74 Å². The molecule has 1 aromatic rings. The number of sulfonamides is 1. The van der Waals surface area contributed by atoms with Crippen molar-refractivity contribution in [3.05, 3.63) is 24.0 Å². The first-order chi connectivity index (χ1) is 11.3. The van der Waals surface area contributed by atoms with Crippen LogP contribution in [0.5, 0.6) is 5.75 Å². The molecule has 0 aliphatic carbocycles. The summed E-state index contributed by atoms with van der Waals surface area (Å²) in [4.78, 5) is 13.5. The third kappa shape index (κ3) is 3.87. The summed E-state index contributed by atoms with van der Waals surface area (Å²) in [5.41, 5.74) is 0. The van der Waals surface area contributed by atoms with Crippen molar-refractivity contribution in [2.45, 2.75) is 25.7 Å². The largest absolute Gasteiger partial charge is 0.491 e. The van der Waals surface area contributed by atoms with Crippen LogP contribution in [0.4, 0.5) is 4.39 Å². The lowest BCUT2D eigenvalue weighted by molar-refractivity contribution is -0.135. The Morgan fingerprint density at radius 3 is 2.38 bits per heavy atom. The van der Waals surface area contributed by atoms with Crippen molar-refractivity contribution >= 4 is 15.9 Å². The fourth-order valence-corrected chi connectivity index (χ4v) is 4.01. The number of carbonyl (C=O) groups is 1. The molecule has 1 saturated heterocycles. The molecule has 1 aliphatic rings. The Hall–Kier alpha value is -1.67. The van der Waals surface area contributed by atoms with E-state index in [1.807, 2.05) is 13.8 Å². The van der Waals surface area contributed by atoms with E-state index in [2.05, 4.69) is 0 Å². The van der Waals surface area contributed by atoms with Gasteiger partial charge in [-0.3, -0.25) is 4.79 Å². The second-order valence-corrected chi connectivity index (χ2v) is 7.85. The summed E-state index contributed by atoms with van der Waals surface area (Å²) in [5, 5.41) is 0. The van der Waals surface area contributed by atoms with Crippen LogP contribution in [0.1, 0.15) is 20.8 Å². The lowest BCUT2D eigenvalue weighted by Crippen LogP contribution is -2.51. The predicted molar refractivity (Wildman–Crippen MR) is 87.7 cm³/mol. The van der Waals surface area contributed by atoms with Crippen LogP contribution in [0.3, 0.4) is 0 Å². The Morgan fingerprint density at radius 1 is 1.25 bits per heavy atom. The van der Waals surface area contributed by atoms with E-state index in [1.165, 1.54) is 16.4 Å². The highest BCUT2D eigenvalue weighted by molar-refractivity contribution is 7.89. The van der Waals surface area contributed by atoms with Crippen LogP contribution in [0.25, 0.3) is 0 Å². The summed E-state index contributed by atoms with van der Waals surface area (Å²) < 4.78 is 45.6. The molecule has 6 nitrogen and oxygen atoms in total. The SMILES string of the molecule is CCOc1ccc(S(=O)(=O)N2CCN(C(=O)C(C)C)CC2)cc1F. The van der Waals surface area contributed by atoms with Gasteiger partial charge in [-0.1, -0.05) is 13.8 Å². The van der Waals surface area contributed by atoms with Crippen molar-refractivity contribution in [3.63, 3.8) is 0 Å². The van der Waals surface area contributed by atoms with E-state index < -0.39 is 15.8 Å². The Balaban J connectivity index is 2.12. The van der Waals surface area contributed by atoms with Gasteiger partial charge in [0.1, 0.15) is 0 Å². The van der Waals surface area contributed by atoms with E-state index in [1.54, 1.807) is 11.8 Å². The van der Waals surface area contributed by atoms with Crippen molar-refractivity contribution in [2.24, 2.45) is 5.92 Å². The first-order valence-electron chi connectivity index (χ1n) is 7.98. The minimum Gasteiger partial charge on any atom is -0.491 e. The smallest absolute Gasteiger partial charge is 0.243 e. The van der Waals surface area contributed by atoms with Gasteiger partial charge >= 0.3 is 0 Å². The zero-order valence-corrected chi connectivity index (χ0v) is 15.0. The second kappa shape index (κ2) is 7.48. The highest BCUT2D eigenvalue weighted by Crippen LogP contribution is 2.24. The van der Waals surface area contributed by atoms with Crippen molar-refractivity contribution in [1.82, 2.24) is 9.21 Å². The van der Waals surface area contributed by atoms with Gasteiger partial charge in [0.15, 0.2) is 11.6 Å². The maximum absolute atomic E-state index is 13.9. The number of piperazine rings is 1. The van der Waals surface area contributed by atoms with Crippen LogP contribution >= 0.6 is 0 Å². The van der Waals surface area contributed by atoms with Crippen LogP contribution < -0.4 is 4.74 Å². The fraction of sp³-hybridized carbons (Fsp3) is 0.562. The zero-order chi connectivity index (χ0) is 17.9. The molecule has 2 rings (SSSR count). The molecule has 1 amide bonds. The average molecular weight is 358 g/mol. The standard InChI is InChI=1S/C16H23FN2O4S/c1-4-23-15-6-5-13(11-14(15)17)24(21,22)19-9-7-18(8-10-19)16(20)12(2)3/h5-6,11-12H,4,7-10H2,1-3H3. The zero-order valence-electron chi connectivity index (χ0n) is 14.2. The van der Waals surface area contributed by atoms with Gasteiger partial charge in [-0.15, -0.1) is 0 Å². The number of carbonyl (C=O) groups excluding carboxylic acids is 1. The van der Waals surface area contributed by atoms with Gasteiger partial charge in [0.25, 0.3) is 0 Å². The molecule has 1 fully saturated rings. The van der Waals surface area contributed by atoms with Crippen molar-refractivity contribution in [1.29, 1.82) is 0 Å². The minimum absolute atomic E-state index is 0.0131. The van der Waals surface area contributed by atoms with Gasteiger partial charge in [-0.2, -0.15) is 4.31 Å². The van der Waals surface area contributed by atoms with Gasteiger partial charge < -0.3 is 9.64 Å². The molecule has 0 aromatic heterocycles. The number of rotatable bonds is 5. The molecule has 0 N–H and O–H groups in total. The van der Waals surface area contributed by atoms with Gasteiger partial charge in [0.05, 0.1) is 11.5 Å². The Labute approximate surface area is 142 Å². The second-order valence-electron chi connectivity index (χ2n) is 5.91. The summed E-state index contributed by atoms with van der Waals surface area (Å²) >= 11 is 0. The maximum atomic E-state index is 13.9. The van der Waals surface area contributed by atoms with Gasteiger partial charge in [-0.05, 0) is 25.1 Å². The molecule has 0 unspecified atom stereocenters. The summed E-state index contributed by atoms with van der Waals surface area (Å²) in [6, 6.07) is 3.64. The highest BCUT2D eigenvalue weighted by Gasteiger charge is 2.31. The molecule has 8 heteroatoms. The predicted octanol–water partition coefficient (Wildman–Crippen LogP) is 1.71. The molecule has 1 heterocycles. The van der Waals surface area contributed by atoms with Crippen molar-refractivity contribution in [3.8, 4) is 5.75 Å². The molecule has 1 aliphatic heterocycles. The number of nitrogens with zero attached hydrogens (tertiary/aromatic N) is 2. The summed E-state index contributed by atoms with van der Waals surface area (Å²) in [5.74, 6) is -0.775. The van der Waals surface area contributed by atoms with E-state index in [0.717, 1.165) is 6.07 Å². The van der Waals surface area contributed by atoms with Gasteiger partial charge in [0, 0.05) is 32.1 Å². The lowest BCUT2D eigenvalue weighted by Gasteiger charge is -2.34. The topological polar surface area (TPSA) is 66.9 Å². The number of hydrogen-bond acceptors (Lipinski definition) is 4. The third-order valence-electron chi connectivity index (χ3n) is 3.89. The lowest BCUT2D eigenvalue weighted by atomic mass is 10.2. The van der Waals surface area contributed by atoms with Crippen molar-refractivity contribution < 1.29 is 22.3 Å². The van der Waals surface area contributed by atoms with Crippen LogP contribution in [0.2, 0.25) is 0 Å². The molecule has 24 heavy (non-hydrogen) atoms. The Morgan fingerprint density at radius 2 is 1.88 bits per heavy atom. The summed E-state index contributed by atoms with van der Waals surface area (Å²) in [7, 11) is -3.79. The van der Waals surface area contributed by atoms with E-state index in [-0.39, 0.29) is 35.6 Å². The first kappa shape index (κ1) is 18.7. The maximum Gasteiger partial charge on any atom is 0.243 e. The molecule has 0 spiro atoms. The number of ether oxygens (including phenoxy) is 1. The summed E-state index contributed by atoms with van der Waals surface area (Å²) in [6.07, 6.45) is 0. The molecule has 0 atom stereocenters. The monoisotopic (exact) mass is 358 g/mol. The van der Waals surface area contributed by atoms with Gasteiger partial charge in [-0.25, -0.2) is 12.8 Å². The van der Waals surface area contributed by atoms with E-state index in [9.17, 15) is 17.6 Å². The number of hydrogen-bond donors (Lipinski definition) is 0. The summed E-state index contributed by atoms with van der Waals surface area (Å²) in [6.45, 7) is 6.75. The van der Waals surface area contributed by atoms with Crippen LogP contribution in [0, 0.1) is 11.7 Å². The normalized spacial score (nSPS) is 16.5. The molecular formula is C16H23FN2O4S.